The van der Waals surface area contributed by atoms with Crippen LogP contribution >= 0.6 is 0 Å². The second kappa shape index (κ2) is 4.84. The van der Waals surface area contributed by atoms with E-state index in [1.807, 2.05) is 24.3 Å². The van der Waals surface area contributed by atoms with E-state index in [-0.39, 0.29) is 11.7 Å². The van der Waals surface area contributed by atoms with Crippen LogP contribution in [0.3, 0.4) is 0 Å². The molecule has 0 saturated heterocycles. The summed E-state index contributed by atoms with van der Waals surface area (Å²) in [6, 6.07) is 7.78. The first-order valence-electron chi connectivity index (χ1n) is 7.17. The second-order valence-corrected chi connectivity index (χ2v) is 5.97. The Morgan fingerprint density at radius 2 is 1.95 bits per heavy atom. The van der Waals surface area contributed by atoms with E-state index in [0.29, 0.717) is 5.92 Å². The van der Waals surface area contributed by atoms with Crippen LogP contribution in [0.5, 0.6) is 0 Å². The second-order valence-electron chi connectivity index (χ2n) is 5.97. The number of Topliss-reactive ketones (excluding diaryl/α,β-unsaturated/α-hetero) is 1. The van der Waals surface area contributed by atoms with Gasteiger partial charge in [-0.3, -0.25) is 4.79 Å². The summed E-state index contributed by atoms with van der Waals surface area (Å²) in [6.07, 6.45) is 4.83. The number of ketones is 1. The average molecular weight is 256 g/mol. The third-order valence-electron chi connectivity index (χ3n) is 4.72. The summed E-state index contributed by atoms with van der Waals surface area (Å²) in [6.45, 7) is 4.55. The van der Waals surface area contributed by atoms with Crippen LogP contribution in [0.4, 0.5) is 0 Å². The van der Waals surface area contributed by atoms with Crippen LogP contribution in [-0.2, 0) is 0 Å². The van der Waals surface area contributed by atoms with E-state index in [2.05, 4.69) is 13.8 Å². The van der Waals surface area contributed by atoms with Crippen molar-refractivity contribution < 1.29 is 9.21 Å². The van der Waals surface area contributed by atoms with Crippen molar-refractivity contribution in [1.29, 1.82) is 0 Å². The summed E-state index contributed by atoms with van der Waals surface area (Å²) in [4.78, 5) is 12.7. The van der Waals surface area contributed by atoms with Gasteiger partial charge in [0.15, 0.2) is 5.78 Å². The maximum absolute atomic E-state index is 12.7. The average Bonchev–Trinajstić information content (AvgIpc) is 2.85. The van der Waals surface area contributed by atoms with E-state index in [9.17, 15) is 4.79 Å². The van der Waals surface area contributed by atoms with E-state index >= 15 is 0 Å². The summed E-state index contributed by atoms with van der Waals surface area (Å²) in [5.41, 5.74) is 1.57. The van der Waals surface area contributed by atoms with Gasteiger partial charge in [0, 0.05) is 11.3 Å². The molecule has 100 valence electrons. The molecule has 3 unspecified atom stereocenters. The molecule has 3 rings (SSSR count). The van der Waals surface area contributed by atoms with Crippen molar-refractivity contribution in [2.24, 2.45) is 17.8 Å². The minimum absolute atomic E-state index is 0.173. The maximum Gasteiger partial charge on any atom is 0.169 e. The summed E-state index contributed by atoms with van der Waals surface area (Å²) in [5, 5.41) is 0.957. The fourth-order valence-corrected chi connectivity index (χ4v) is 3.17. The molecule has 2 nitrogen and oxygen atoms in total. The highest BCUT2D eigenvalue weighted by Crippen LogP contribution is 2.36. The molecule has 2 aromatic rings. The summed E-state index contributed by atoms with van der Waals surface area (Å²) in [7, 11) is 0. The fourth-order valence-electron chi connectivity index (χ4n) is 3.17. The van der Waals surface area contributed by atoms with Crippen LogP contribution in [0, 0.1) is 17.8 Å². The maximum atomic E-state index is 12.7. The van der Waals surface area contributed by atoms with E-state index in [4.69, 9.17) is 4.42 Å². The van der Waals surface area contributed by atoms with Gasteiger partial charge in [0.05, 0.1) is 5.56 Å². The minimum Gasteiger partial charge on any atom is -0.464 e. The van der Waals surface area contributed by atoms with Gasteiger partial charge in [-0.25, -0.2) is 0 Å². The Morgan fingerprint density at radius 1 is 1.16 bits per heavy atom. The summed E-state index contributed by atoms with van der Waals surface area (Å²) in [5.74, 6) is 1.82. The Labute approximate surface area is 113 Å². The Balaban J connectivity index is 1.88. The highest BCUT2D eigenvalue weighted by Gasteiger charge is 2.30. The number of rotatable bonds is 2. The van der Waals surface area contributed by atoms with Crippen LogP contribution in [0.15, 0.2) is 34.9 Å². The molecule has 0 amide bonds. The monoisotopic (exact) mass is 256 g/mol. The van der Waals surface area contributed by atoms with Gasteiger partial charge in [-0.05, 0) is 37.2 Å². The lowest BCUT2D eigenvalue weighted by Gasteiger charge is -2.31. The Morgan fingerprint density at radius 3 is 2.74 bits per heavy atom. The lowest BCUT2D eigenvalue weighted by Crippen LogP contribution is -2.26. The first-order valence-corrected chi connectivity index (χ1v) is 7.17. The Bertz CT molecular complexity index is 596. The van der Waals surface area contributed by atoms with Gasteiger partial charge in [0.1, 0.15) is 11.8 Å². The predicted molar refractivity (Wildman–Crippen MR) is 76.2 cm³/mol. The molecule has 1 saturated carbocycles. The molecule has 3 atom stereocenters. The largest absolute Gasteiger partial charge is 0.464 e. The fraction of sp³-hybridized carbons (Fsp3) is 0.471. The predicted octanol–water partition coefficient (Wildman–Crippen LogP) is 4.69. The zero-order valence-electron chi connectivity index (χ0n) is 11.6. The van der Waals surface area contributed by atoms with Gasteiger partial charge < -0.3 is 4.42 Å². The van der Waals surface area contributed by atoms with Crippen molar-refractivity contribution in [2.45, 2.75) is 33.1 Å². The molecule has 0 N–H and O–H groups in total. The molecule has 0 aliphatic heterocycles. The minimum atomic E-state index is 0.173. The lowest BCUT2D eigenvalue weighted by atomic mass is 9.73. The number of hydrogen-bond acceptors (Lipinski definition) is 2. The molecule has 1 fully saturated rings. The van der Waals surface area contributed by atoms with E-state index < -0.39 is 0 Å². The zero-order valence-corrected chi connectivity index (χ0v) is 11.6. The molecule has 0 radical (unpaired) electrons. The molecule has 2 heteroatoms. The van der Waals surface area contributed by atoms with Crippen LogP contribution < -0.4 is 0 Å². The molecule has 1 aliphatic rings. The third kappa shape index (κ3) is 2.20. The first-order chi connectivity index (χ1) is 9.16. The lowest BCUT2D eigenvalue weighted by molar-refractivity contribution is 0.0838. The van der Waals surface area contributed by atoms with Gasteiger partial charge in [0.25, 0.3) is 0 Å². The molecule has 19 heavy (non-hydrogen) atoms. The van der Waals surface area contributed by atoms with E-state index in [1.165, 1.54) is 0 Å². The highest BCUT2D eigenvalue weighted by atomic mass is 16.3. The van der Waals surface area contributed by atoms with Crippen molar-refractivity contribution in [3.8, 4) is 0 Å². The number of carbonyl (C=O) groups excluding carboxylic acids is 1. The molecular formula is C17H20O2. The van der Waals surface area contributed by atoms with Crippen molar-refractivity contribution in [1.82, 2.24) is 0 Å². The Hall–Kier alpha value is -1.57. The highest BCUT2D eigenvalue weighted by molar-refractivity contribution is 6.08. The zero-order chi connectivity index (χ0) is 13.4. The standard InChI is InChI=1S/C17H20O2/c1-11-7-8-13(9-12(11)2)17(18)15-10-19-16-6-4-3-5-14(15)16/h3-6,10-13H,7-9H2,1-2H3. The number of para-hydroxylation sites is 1. The number of benzene rings is 1. The number of fused-ring (bicyclic) bond motifs is 1. The van der Waals surface area contributed by atoms with Crippen LogP contribution in [0.2, 0.25) is 0 Å². The molecule has 0 spiro atoms. The molecule has 1 aromatic heterocycles. The van der Waals surface area contributed by atoms with Crippen molar-refractivity contribution >= 4 is 16.8 Å². The summed E-state index contributed by atoms with van der Waals surface area (Å²) >= 11 is 0. The van der Waals surface area contributed by atoms with E-state index in [1.54, 1.807) is 6.26 Å². The van der Waals surface area contributed by atoms with Crippen LogP contribution in [0.1, 0.15) is 43.5 Å². The molecule has 1 aliphatic carbocycles. The van der Waals surface area contributed by atoms with Gasteiger partial charge >= 0.3 is 0 Å². The van der Waals surface area contributed by atoms with Crippen LogP contribution in [0.25, 0.3) is 11.0 Å². The van der Waals surface area contributed by atoms with E-state index in [0.717, 1.165) is 41.7 Å². The van der Waals surface area contributed by atoms with Gasteiger partial charge in [0.2, 0.25) is 0 Å². The number of carbonyl (C=O) groups is 1. The van der Waals surface area contributed by atoms with Gasteiger partial charge in [-0.1, -0.05) is 32.0 Å². The SMILES string of the molecule is CC1CCC(C(=O)c2coc3ccccc23)CC1C. The van der Waals surface area contributed by atoms with Crippen molar-refractivity contribution in [3.05, 3.63) is 36.1 Å². The van der Waals surface area contributed by atoms with Gasteiger partial charge in [-0.15, -0.1) is 0 Å². The van der Waals surface area contributed by atoms with Gasteiger partial charge in [-0.2, -0.15) is 0 Å². The molecule has 1 heterocycles. The van der Waals surface area contributed by atoms with Crippen LogP contribution in [-0.4, -0.2) is 5.78 Å². The molecular weight excluding hydrogens is 236 g/mol. The number of hydrogen-bond donors (Lipinski definition) is 0. The smallest absolute Gasteiger partial charge is 0.169 e. The first kappa shape index (κ1) is 12.5. The molecule has 1 aromatic carbocycles. The third-order valence-corrected chi connectivity index (χ3v) is 4.72. The van der Waals surface area contributed by atoms with Crippen molar-refractivity contribution in [3.63, 3.8) is 0 Å². The normalized spacial score (nSPS) is 27.6. The Kier molecular flexibility index (Phi) is 3.17. The quantitative estimate of drug-likeness (QED) is 0.730. The molecule has 0 bridgehead atoms. The summed E-state index contributed by atoms with van der Waals surface area (Å²) < 4.78 is 5.49. The topological polar surface area (TPSA) is 30.2 Å². The number of furan rings is 1. The van der Waals surface area contributed by atoms with Crippen molar-refractivity contribution in [2.75, 3.05) is 0 Å².